The number of hydrogen-bond acceptors (Lipinski definition) is 26. The van der Waals surface area contributed by atoms with E-state index in [0.29, 0.717) is 138 Å². The first-order chi connectivity index (χ1) is 65.4. The molecule has 15 rings (SSSR count). The molecule has 0 aliphatic carbocycles. The summed E-state index contributed by atoms with van der Waals surface area (Å²) in [5.74, 6) is -7.70. The van der Waals surface area contributed by atoms with Crippen LogP contribution in [0, 0.1) is 91.8 Å². The fraction of sp³-hybridized carbons (Fsp3) is 0.592. The molecular weight excluding hydrogens is 1810 g/mol. The highest BCUT2D eigenvalue weighted by Gasteiger charge is 2.53. The second kappa shape index (κ2) is 48.6. The first kappa shape index (κ1) is 109. The van der Waals surface area contributed by atoms with Crippen molar-refractivity contribution in [3.05, 3.63) is 171 Å². The van der Waals surface area contributed by atoms with E-state index in [0.717, 1.165) is 88.1 Å². The van der Waals surface area contributed by atoms with Gasteiger partial charge in [-0.1, -0.05) is 14.4 Å². The predicted molar refractivity (Wildman–Crippen MR) is 504 cm³/mol. The smallest absolute Gasteiger partial charge is 0.336 e. The van der Waals surface area contributed by atoms with Crippen molar-refractivity contribution in [3.63, 3.8) is 0 Å². The summed E-state index contributed by atoms with van der Waals surface area (Å²) in [6.07, 6.45) is 0.983. The van der Waals surface area contributed by atoms with E-state index < -0.39 is 125 Å². The number of nitriles is 1. The molecule has 37 nitrogen and oxygen atoms in total. The van der Waals surface area contributed by atoms with Gasteiger partial charge in [0.15, 0.2) is 65.9 Å². The normalized spacial score (nSPS) is 22.3. The third kappa shape index (κ3) is 29.6. The number of amides is 5. The Morgan fingerprint density at radius 2 is 0.863 bits per heavy atom. The summed E-state index contributed by atoms with van der Waals surface area (Å²) in [4.78, 5) is 104. The number of likely N-dealkylation sites (N-methyl/N-ethyl adjacent to an activating group) is 1. The van der Waals surface area contributed by atoms with Crippen molar-refractivity contribution in [3.8, 4) is 6.07 Å². The summed E-state index contributed by atoms with van der Waals surface area (Å²) in [6, 6.07) is 19.0. The summed E-state index contributed by atoms with van der Waals surface area (Å²) in [6.45, 7) is 52.1. The monoisotopic (exact) mass is 1940 g/mol. The van der Waals surface area contributed by atoms with Crippen LogP contribution < -0.4 is 46.2 Å². The Balaban J connectivity index is 0.000000185. The lowest BCUT2D eigenvalue weighted by molar-refractivity contribution is -0.175. The summed E-state index contributed by atoms with van der Waals surface area (Å²) in [5.41, 5.74) is 5.69. The van der Waals surface area contributed by atoms with Crippen LogP contribution in [0.3, 0.4) is 0 Å². The minimum Gasteiger partial charge on any atom is -0.479 e. The van der Waals surface area contributed by atoms with E-state index in [1.54, 1.807) is 105 Å². The molecule has 8 atom stereocenters. The van der Waals surface area contributed by atoms with E-state index in [-0.39, 0.29) is 55.1 Å². The van der Waals surface area contributed by atoms with Crippen LogP contribution in [0.2, 0.25) is 0 Å². The Morgan fingerprint density at radius 1 is 0.511 bits per heavy atom. The largest absolute Gasteiger partial charge is 0.479 e. The van der Waals surface area contributed by atoms with Crippen LogP contribution >= 0.6 is 0 Å². The third-order valence-corrected chi connectivity index (χ3v) is 25.2. The summed E-state index contributed by atoms with van der Waals surface area (Å²) >= 11 is 0. The maximum absolute atomic E-state index is 13.5. The molecule has 5 amide bonds. The van der Waals surface area contributed by atoms with Crippen LogP contribution in [0.15, 0.2) is 85.2 Å². The van der Waals surface area contributed by atoms with Crippen LogP contribution in [0.1, 0.15) is 162 Å². The van der Waals surface area contributed by atoms with E-state index >= 15 is 0 Å². The second-order valence-corrected chi connectivity index (χ2v) is 37.3. The number of piperidine rings is 4. The summed E-state index contributed by atoms with van der Waals surface area (Å²) in [7, 11) is 5.19. The average molecular weight is 1940 g/mol. The molecule has 41 heteroatoms. The van der Waals surface area contributed by atoms with E-state index in [9.17, 15) is 66.9 Å². The molecule has 0 saturated carbocycles. The van der Waals surface area contributed by atoms with Gasteiger partial charge in [0.25, 0.3) is 29.5 Å². The zero-order valence-electron chi connectivity index (χ0n) is 80.6. The van der Waals surface area contributed by atoms with E-state index in [4.69, 9.17) is 67.1 Å². The molecule has 0 spiro atoms. The fourth-order valence-corrected chi connectivity index (χ4v) is 18.1. The zero-order valence-corrected chi connectivity index (χ0v) is 80.6. The number of carboxylic acids is 1. The average Bonchev–Trinajstić information content (AvgIpc) is 1.63. The molecule has 2 aromatic heterocycles. The molecule has 0 bridgehead atoms. The van der Waals surface area contributed by atoms with Gasteiger partial charge >= 0.3 is 5.97 Å². The number of nitrogens with zero attached hydrogens (tertiary/aromatic N) is 13. The Morgan fingerprint density at radius 3 is 1.25 bits per heavy atom. The van der Waals surface area contributed by atoms with Crippen molar-refractivity contribution in [2.24, 2.45) is 37.8 Å². The Bertz CT molecular complexity index is 5380. The van der Waals surface area contributed by atoms with Crippen LogP contribution in [0.25, 0.3) is 14.5 Å². The highest BCUT2D eigenvalue weighted by molar-refractivity contribution is 5.92. The van der Waals surface area contributed by atoms with Crippen molar-refractivity contribution in [2.45, 2.75) is 213 Å². The predicted octanol–water partition coefficient (Wildman–Crippen LogP) is 10.5. The standard InChI is InChI=1S/C26H35FN4O6.C24H30FN5O3.C21H26FN5O3.C20H24FN3O5.C6H13NO2.CH4/c1-25(2)36-21(22(37-25)24(33)30(5)16-26(3)34-12-13-35-26)23(32)29-15-17-8-10-31(11-9-17)20-7-6-18(27)14-19(20)28-4;1-15-14-29(5)22(28-15)20-21(33-24(2,3)32-20)23(31)27-13-16-8-10-30(11-9-16)19-7-6-17(25)12-18(19)26-4;1-13-12-26(2)20(25-13)18(28)19(29)21(30)24-11-14-5-7-27(8-6-14)17-4-3-16(22)9-15(17)10-23;1-20(2)28-16(17(29-20)19(26)27)18(25)23-11-12-6-8-24(9-7-12)15-5-4-13(21)10-14(15)22-3;1-3-7-6(2)8-4-5-9-6;/h6-7,14,17,21-22H,8-13,15-16H2,1-3,5H3,(H,29,32);6-7,12,14,16,20-21H,8-11,13H2,1-3,5H3,(H,27,31);3-4,9,12,14,18-19,28-29H,5-8,11H2,1-2H3,(H,24,30);4-5,10,12,16-17H,6-9,11H2,1-2H3,(H,23,25)(H,26,27);7H,3-5H2,1-2H3;1H4/t21-,22-;20-,21-;18-,19-;16-,17-;;/m1111../s1. The van der Waals surface area contributed by atoms with Gasteiger partial charge in [-0.3, -0.25) is 29.3 Å². The maximum atomic E-state index is 13.5. The summed E-state index contributed by atoms with van der Waals surface area (Å²) in [5, 5.41) is 53.5. The number of ether oxygens (including phenoxy) is 10. The molecule has 9 saturated heterocycles. The molecule has 139 heavy (non-hydrogen) atoms. The topological polar surface area (TPSA) is 404 Å². The van der Waals surface area contributed by atoms with E-state index in [1.807, 2.05) is 54.5 Å². The Hall–Kier alpha value is -11.5. The number of rotatable bonds is 25. The van der Waals surface area contributed by atoms with E-state index in [2.05, 4.69) is 60.9 Å². The van der Waals surface area contributed by atoms with Crippen molar-refractivity contribution in [1.29, 1.82) is 5.26 Å². The van der Waals surface area contributed by atoms with Gasteiger partial charge in [-0.2, -0.15) is 5.26 Å². The molecule has 0 radical (unpaired) electrons. The van der Waals surface area contributed by atoms with Gasteiger partial charge in [0.1, 0.15) is 47.1 Å². The molecule has 6 aromatic rings. The van der Waals surface area contributed by atoms with Crippen molar-refractivity contribution >= 4 is 75.3 Å². The molecule has 9 aliphatic rings. The number of aliphatic carboxylic acids is 1. The number of anilines is 4. The zero-order chi connectivity index (χ0) is 100. The SMILES string of the molecule is C.CCNC1(C)OCCO1.Cc1cn(C)c([C@H](O)[C@@H](O)C(=O)NCC2CCN(c3ccc(F)cc3C#N)CC2)n1.[C-]#[N+]c1cc(F)ccc1N1CCC(CNC(=O)[C@@H]2OC(C)(C)O[C@H]2C(=O)N(C)CC2(C)OCCO2)CC1.[C-]#[N+]c1cc(F)ccc1N1CCC(CNC(=O)[C@@H]2OC(C)(C)O[C@H]2C(=O)O)CC1.[C-]#[N+]c1cc(F)ccc1N1CCC(CNC(=O)[C@@H]2OC(C)(C)O[C@H]2c2nc(C)cn2C)CC1. The highest BCUT2D eigenvalue weighted by atomic mass is 19.1. The lowest BCUT2D eigenvalue weighted by atomic mass is 9.95. The van der Waals surface area contributed by atoms with Gasteiger partial charge in [0, 0.05) is 136 Å². The van der Waals surface area contributed by atoms with E-state index in [1.165, 1.54) is 53.4 Å². The van der Waals surface area contributed by atoms with Crippen LogP contribution in [-0.4, -0.2) is 266 Å². The Labute approximate surface area is 809 Å². The molecule has 8 N–H and O–H groups in total. The van der Waals surface area contributed by atoms with Crippen molar-refractivity contribution < 1.29 is 109 Å². The number of aromatic nitrogens is 4. The molecule has 0 unspecified atom stereocenters. The number of aliphatic hydroxyl groups is 2. The van der Waals surface area contributed by atoms with Crippen LogP contribution in [0.4, 0.5) is 57.4 Å². The molecule has 756 valence electrons. The first-order valence-corrected chi connectivity index (χ1v) is 46.5. The number of imidazole rings is 2. The maximum Gasteiger partial charge on any atom is 0.336 e. The number of hydrogen-bond donors (Lipinski definition) is 8. The molecular formula is C98H132F4N18O19. The van der Waals surface area contributed by atoms with Gasteiger partial charge in [-0.25, -0.2) is 46.9 Å². The number of carboxylic acid groups (broad SMARTS) is 1. The molecule has 9 aliphatic heterocycles. The summed E-state index contributed by atoms with van der Waals surface area (Å²) < 4.78 is 113. The quantitative estimate of drug-likeness (QED) is 0.0195. The highest BCUT2D eigenvalue weighted by Crippen LogP contribution is 2.41. The third-order valence-electron chi connectivity index (χ3n) is 25.2. The molecule has 4 aromatic carbocycles. The number of halogens is 4. The number of aliphatic hydroxyl groups excluding tert-OH is 2. The minimum absolute atomic E-state index is 0. The van der Waals surface area contributed by atoms with Crippen LogP contribution in [-0.2, 0) is 90.2 Å². The van der Waals surface area contributed by atoms with Gasteiger partial charge in [-0.15, -0.1) is 0 Å². The lowest BCUT2D eigenvalue weighted by Crippen LogP contribution is -2.52. The second-order valence-electron chi connectivity index (χ2n) is 37.3. The fourth-order valence-electron chi connectivity index (χ4n) is 18.1. The van der Waals surface area contributed by atoms with Gasteiger partial charge in [0.2, 0.25) is 23.0 Å². The first-order valence-electron chi connectivity index (χ1n) is 46.5. The minimum atomic E-state index is -1.61. The van der Waals surface area contributed by atoms with Crippen molar-refractivity contribution in [1.82, 2.24) is 50.6 Å². The van der Waals surface area contributed by atoms with Gasteiger partial charge in [0.05, 0.1) is 75.3 Å². The number of benzene rings is 4. The molecule has 11 heterocycles. The number of carbonyl (C=O) groups is 6. The number of nitrogens with one attached hydrogen (secondary N) is 5. The van der Waals surface area contributed by atoms with Crippen molar-refractivity contribution in [2.75, 3.05) is 145 Å². The lowest BCUT2D eigenvalue weighted by Gasteiger charge is -2.34. The number of carbonyl (C=O) groups excluding carboxylic acids is 5. The molecule has 9 fully saturated rings. The van der Waals surface area contributed by atoms with Gasteiger partial charge < -0.3 is 118 Å². The van der Waals surface area contributed by atoms with Gasteiger partial charge in [-0.05, 0) is 217 Å². The number of aryl methyl sites for hydroxylation is 4. The van der Waals surface area contributed by atoms with Crippen LogP contribution in [0.5, 0.6) is 0 Å². The Kier molecular flexibility index (Phi) is 38.3.